The standard InChI is InChI=1S/C19H15F2NO3/c1-24-16-9-8-15(11-17(16)25-19(20)21)22-18(23)14-7-6-12-4-2-3-5-13(12)10-14/h2-11,19H,1H3,(H,22,23). The summed E-state index contributed by atoms with van der Waals surface area (Å²) >= 11 is 0. The third-order valence-corrected chi connectivity index (χ3v) is 3.65. The molecule has 0 aliphatic heterocycles. The first-order valence-corrected chi connectivity index (χ1v) is 7.50. The van der Waals surface area contributed by atoms with Gasteiger partial charge in [-0.15, -0.1) is 0 Å². The summed E-state index contributed by atoms with van der Waals surface area (Å²) in [5, 5.41) is 4.63. The predicted octanol–water partition coefficient (Wildman–Crippen LogP) is 4.70. The molecule has 0 radical (unpaired) electrons. The molecule has 0 spiro atoms. The molecule has 1 N–H and O–H groups in total. The average molecular weight is 343 g/mol. The highest BCUT2D eigenvalue weighted by atomic mass is 19.3. The Labute approximate surface area is 143 Å². The number of benzene rings is 3. The van der Waals surface area contributed by atoms with Gasteiger partial charge in [-0.2, -0.15) is 8.78 Å². The number of anilines is 1. The maximum atomic E-state index is 12.5. The number of amides is 1. The Hall–Kier alpha value is -3.15. The Bertz CT molecular complexity index is 912. The van der Waals surface area contributed by atoms with Gasteiger partial charge in [0.15, 0.2) is 11.5 Å². The number of carbonyl (C=O) groups is 1. The molecule has 0 saturated heterocycles. The first kappa shape index (κ1) is 16.7. The lowest BCUT2D eigenvalue weighted by Crippen LogP contribution is -2.12. The minimum Gasteiger partial charge on any atom is -0.493 e. The molecule has 6 heteroatoms. The van der Waals surface area contributed by atoms with Crippen LogP contribution in [0.4, 0.5) is 14.5 Å². The Morgan fingerprint density at radius 3 is 2.44 bits per heavy atom. The summed E-state index contributed by atoms with van der Waals surface area (Å²) in [4.78, 5) is 12.4. The number of fused-ring (bicyclic) bond motifs is 1. The van der Waals surface area contributed by atoms with Crippen LogP contribution in [0.2, 0.25) is 0 Å². The van der Waals surface area contributed by atoms with Crippen LogP contribution in [0.5, 0.6) is 11.5 Å². The Morgan fingerprint density at radius 1 is 0.960 bits per heavy atom. The Morgan fingerprint density at radius 2 is 1.72 bits per heavy atom. The summed E-state index contributed by atoms with van der Waals surface area (Å²) < 4.78 is 34.3. The van der Waals surface area contributed by atoms with E-state index < -0.39 is 6.61 Å². The van der Waals surface area contributed by atoms with Gasteiger partial charge in [0.05, 0.1) is 7.11 Å². The molecule has 0 aliphatic carbocycles. The van der Waals surface area contributed by atoms with Crippen LogP contribution in [0.15, 0.2) is 60.7 Å². The molecule has 4 nitrogen and oxygen atoms in total. The Kier molecular flexibility index (Phi) is 4.79. The lowest BCUT2D eigenvalue weighted by atomic mass is 10.1. The molecule has 0 saturated carbocycles. The number of carbonyl (C=O) groups excluding carboxylic acids is 1. The average Bonchev–Trinajstić information content (AvgIpc) is 2.61. The van der Waals surface area contributed by atoms with Crippen molar-refractivity contribution in [1.29, 1.82) is 0 Å². The van der Waals surface area contributed by atoms with Crippen molar-refractivity contribution in [3.8, 4) is 11.5 Å². The highest BCUT2D eigenvalue weighted by Gasteiger charge is 2.13. The van der Waals surface area contributed by atoms with E-state index in [2.05, 4.69) is 10.1 Å². The fourth-order valence-corrected chi connectivity index (χ4v) is 2.48. The van der Waals surface area contributed by atoms with Crippen LogP contribution in [0.3, 0.4) is 0 Å². The summed E-state index contributed by atoms with van der Waals surface area (Å²) in [6, 6.07) is 17.3. The molecule has 0 fully saturated rings. The van der Waals surface area contributed by atoms with Crippen molar-refractivity contribution in [2.24, 2.45) is 0 Å². The van der Waals surface area contributed by atoms with E-state index in [-0.39, 0.29) is 17.4 Å². The van der Waals surface area contributed by atoms with Gasteiger partial charge in [0.1, 0.15) is 0 Å². The van der Waals surface area contributed by atoms with Gasteiger partial charge in [0, 0.05) is 17.3 Å². The number of alkyl halides is 2. The number of nitrogens with one attached hydrogen (secondary N) is 1. The molecule has 0 unspecified atom stereocenters. The van der Waals surface area contributed by atoms with E-state index in [0.29, 0.717) is 11.3 Å². The van der Waals surface area contributed by atoms with Gasteiger partial charge in [-0.25, -0.2) is 0 Å². The number of hydrogen-bond acceptors (Lipinski definition) is 3. The van der Waals surface area contributed by atoms with Gasteiger partial charge in [0.25, 0.3) is 5.91 Å². The molecule has 0 atom stereocenters. The van der Waals surface area contributed by atoms with Gasteiger partial charge in [-0.1, -0.05) is 30.3 Å². The lowest BCUT2D eigenvalue weighted by Gasteiger charge is -2.12. The molecule has 3 rings (SSSR count). The van der Waals surface area contributed by atoms with E-state index in [1.807, 2.05) is 30.3 Å². The van der Waals surface area contributed by atoms with Crippen molar-refractivity contribution in [2.75, 3.05) is 12.4 Å². The summed E-state index contributed by atoms with van der Waals surface area (Å²) in [7, 11) is 1.35. The van der Waals surface area contributed by atoms with Gasteiger partial charge in [-0.3, -0.25) is 4.79 Å². The van der Waals surface area contributed by atoms with E-state index in [9.17, 15) is 13.6 Å². The first-order chi connectivity index (χ1) is 12.1. The van der Waals surface area contributed by atoms with E-state index in [1.165, 1.54) is 19.2 Å². The molecule has 25 heavy (non-hydrogen) atoms. The zero-order chi connectivity index (χ0) is 17.8. The molecule has 0 aliphatic rings. The summed E-state index contributed by atoms with van der Waals surface area (Å²) in [5.74, 6) is -0.336. The van der Waals surface area contributed by atoms with Gasteiger partial charge >= 0.3 is 6.61 Å². The van der Waals surface area contributed by atoms with Crippen LogP contribution in [0, 0.1) is 0 Å². The van der Waals surface area contributed by atoms with E-state index in [1.54, 1.807) is 18.2 Å². The predicted molar refractivity (Wildman–Crippen MR) is 91.5 cm³/mol. The van der Waals surface area contributed by atoms with Crippen molar-refractivity contribution in [3.05, 3.63) is 66.2 Å². The van der Waals surface area contributed by atoms with Gasteiger partial charge < -0.3 is 14.8 Å². The van der Waals surface area contributed by atoms with Crippen molar-refractivity contribution < 1.29 is 23.0 Å². The second-order valence-electron chi connectivity index (χ2n) is 5.26. The maximum absolute atomic E-state index is 12.5. The Balaban J connectivity index is 1.84. The molecule has 3 aromatic carbocycles. The zero-order valence-electron chi connectivity index (χ0n) is 13.3. The van der Waals surface area contributed by atoms with Crippen molar-refractivity contribution >= 4 is 22.4 Å². The third kappa shape index (κ3) is 3.85. The third-order valence-electron chi connectivity index (χ3n) is 3.65. The normalized spacial score (nSPS) is 10.7. The van der Waals surface area contributed by atoms with Gasteiger partial charge in [0.2, 0.25) is 0 Å². The molecule has 1 amide bonds. The van der Waals surface area contributed by atoms with Crippen LogP contribution in [0.25, 0.3) is 10.8 Å². The summed E-state index contributed by atoms with van der Waals surface area (Å²) in [6.45, 7) is -2.99. The summed E-state index contributed by atoms with van der Waals surface area (Å²) in [5.41, 5.74) is 0.792. The molecule has 0 heterocycles. The van der Waals surface area contributed by atoms with Crippen LogP contribution in [-0.2, 0) is 0 Å². The van der Waals surface area contributed by atoms with E-state index >= 15 is 0 Å². The molecule has 0 bridgehead atoms. The minimum absolute atomic E-state index is 0.145. The highest BCUT2D eigenvalue weighted by Crippen LogP contribution is 2.31. The molecule has 128 valence electrons. The summed E-state index contributed by atoms with van der Waals surface area (Å²) in [6.07, 6.45) is 0. The number of ether oxygens (including phenoxy) is 2. The molecule has 0 aromatic heterocycles. The van der Waals surface area contributed by atoms with E-state index in [4.69, 9.17) is 4.74 Å². The maximum Gasteiger partial charge on any atom is 0.387 e. The first-order valence-electron chi connectivity index (χ1n) is 7.50. The number of halogens is 2. The number of hydrogen-bond donors (Lipinski definition) is 1. The van der Waals surface area contributed by atoms with Crippen molar-refractivity contribution in [1.82, 2.24) is 0 Å². The number of methoxy groups -OCH3 is 1. The quantitative estimate of drug-likeness (QED) is 0.730. The molecular weight excluding hydrogens is 328 g/mol. The van der Waals surface area contributed by atoms with Crippen LogP contribution in [-0.4, -0.2) is 19.6 Å². The smallest absolute Gasteiger partial charge is 0.387 e. The fourth-order valence-electron chi connectivity index (χ4n) is 2.48. The topological polar surface area (TPSA) is 47.6 Å². The van der Waals surface area contributed by atoms with Crippen molar-refractivity contribution in [2.45, 2.75) is 6.61 Å². The zero-order valence-corrected chi connectivity index (χ0v) is 13.3. The van der Waals surface area contributed by atoms with Crippen LogP contribution in [0.1, 0.15) is 10.4 Å². The minimum atomic E-state index is -2.99. The molecule has 3 aromatic rings. The monoisotopic (exact) mass is 343 g/mol. The van der Waals surface area contributed by atoms with E-state index in [0.717, 1.165) is 10.8 Å². The van der Waals surface area contributed by atoms with Crippen LogP contribution >= 0.6 is 0 Å². The van der Waals surface area contributed by atoms with Crippen molar-refractivity contribution in [3.63, 3.8) is 0 Å². The SMILES string of the molecule is COc1ccc(NC(=O)c2ccc3ccccc3c2)cc1OC(F)F. The highest BCUT2D eigenvalue weighted by molar-refractivity contribution is 6.06. The molecular formula is C19H15F2NO3. The van der Waals surface area contributed by atoms with Gasteiger partial charge in [-0.05, 0) is 35.0 Å². The fraction of sp³-hybridized carbons (Fsp3) is 0.105. The lowest BCUT2D eigenvalue weighted by molar-refractivity contribution is -0.0511. The second kappa shape index (κ2) is 7.17. The second-order valence-corrected chi connectivity index (χ2v) is 5.26. The largest absolute Gasteiger partial charge is 0.493 e. The number of rotatable bonds is 5. The van der Waals surface area contributed by atoms with Crippen LogP contribution < -0.4 is 14.8 Å².